The molecular weight excluding hydrogens is 402 g/mol. The van der Waals surface area contributed by atoms with Crippen LogP contribution in [0.25, 0.3) is 10.9 Å². The van der Waals surface area contributed by atoms with Gasteiger partial charge in [0.1, 0.15) is 0 Å². The third-order valence-electron chi connectivity index (χ3n) is 5.71. The number of hydrogen-bond acceptors (Lipinski definition) is 5. The van der Waals surface area contributed by atoms with Gasteiger partial charge in [0.05, 0.1) is 28.9 Å². The second kappa shape index (κ2) is 6.81. The number of aromatic nitrogens is 1. The summed E-state index contributed by atoms with van der Waals surface area (Å²) in [7, 11) is -3.84. The number of carbonyl (C=O) groups excluding carboxylic acids is 1. The van der Waals surface area contributed by atoms with Gasteiger partial charge in [-0.1, -0.05) is 25.8 Å². The molecule has 1 aliphatic carbocycles. The Hall–Kier alpha value is -2.92. The lowest BCUT2D eigenvalue weighted by molar-refractivity contribution is 0.103. The summed E-state index contributed by atoms with van der Waals surface area (Å²) in [6, 6.07) is 9.82. The summed E-state index contributed by atoms with van der Waals surface area (Å²) in [6.45, 7) is 3.20. The highest BCUT2D eigenvalue weighted by Gasteiger charge is 2.40. The fourth-order valence-electron chi connectivity index (χ4n) is 4.10. The molecule has 1 unspecified atom stereocenters. The molecule has 0 saturated carbocycles. The predicted octanol–water partition coefficient (Wildman–Crippen LogP) is 2.15. The second-order valence-electron chi connectivity index (χ2n) is 8.06. The van der Waals surface area contributed by atoms with E-state index in [1.807, 2.05) is 26.0 Å². The maximum Gasteiger partial charge on any atom is 0.195 e. The minimum atomic E-state index is -3.84. The van der Waals surface area contributed by atoms with Gasteiger partial charge in [-0.05, 0) is 35.9 Å². The summed E-state index contributed by atoms with van der Waals surface area (Å²) in [6.07, 6.45) is 4.12. The number of hydrogen-bond donors (Lipinski definition) is 3. The van der Waals surface area contributed by atoms with Gasteiger partial charge in [0.25, 0.3) is 0 Å². The molecule has 6 nitrogen and oxygen atoms in total. The molecular formula is C23H21NO5S. The Morgan fingerprint density at radius 3 is 2.60 bits per heavy atom. The van der Waals surface area contributed by atoms with Gasteiger partial charge in [-0.2, -0.15) is 0 Å². The number of terminal acetylenes is 1. The Kier molecular flexibility index (Phi) is 4.62. The molecule has 0 radical (unpaired) electrons. The van der Waals surface area contributed by atoms with Gasteiger partial charge in [0, 0.05) is 33.1 Å². The number of benzene rings is 2. The van der Waals surface area contributed by atoms with E-state index in [9.17, 15) is 18.3 Å². The van der Waals surface area contributed by atoms with Gasteiger partial charge in [0.15, 0.2) is 15.6 Å². The minimum Gasteiger partial charge on any atom is -0.394 e. The number of aromatic amines is 1. The molecule has 0 fully saturated rings. The summed E-state index contributed by atoms with van der Waals surface area (Å²) in [5.74, 6) is 1.81. The topological polar surface area (TPSA) is 107 Å². The van der Waals surface area contributed by atoms with Crippen molar-refractivity contribution >= 4 is 26.5 Å². The fraction of sp³-hybridized carbons (Fsp3) is 0.261. The summed E-state index contributed by atoms with van der Waals surface area (Å²) >= 11 is 0. The minimum absolute atomic E-state index is 0.00352. The molecule has 0 aliphatic heterocycles. The van der Waals surface area contributed by atoms with E-state index in [0.717, 1.165) is 10.9 Å². The third-order valence-corrected chi connectivity index (χ3v) is 7.50. The number of nitrogens with one attached hydrogen (secondary N) is 1. The molecule has 0 amide bonds. The van der Waals surface area contributed by atoms with Crippen LogP contribution in [0, 0.1) is 12.3 Å². The molecule has 7 heteroatoms. The van der Waals surface area contributed by atoms with E-state index in [-0.39, 0.29) is 10.7 Å². The zero-order valence-corrected chi connectivity index (χ0v) is 17.4. The highest BCUT2D eigenvalue weighted by atomic mass is 32.2. The number of carbonyl (C=O) groups is 1. The molecule has 1 atom stereocenters. The Morgan fingerprint density at radius 1 is 1.20 bits per heavy atom. The molecule has 0 bridgehead atoms. The number of sulfone groups is 1. The van der Waals surface area contributed by atoms with E-state index in [0.29, 0.717) is 27.9 Å². The molecule has 0 saturated heterocycles. The van der Waals surface area contributed by atoms with Crippen molar-refractivity contribution in [3.8, 4) is 12.3 Å². The van der Waals surface area contributed by atoms with Crippen LogP contribution in [0.1, 0.15) is 46.6 Å². The Morgan fingerprint density at radius 2 is 1.93 bits per heavy atom. The van der Waals surface area contributed by atoms with E-state index >= 15 is 0 Å². The highest BCUT2D eigenvalue weighted by molar-refractivity contribution is 7.91. The van der Waals surface area contributed by atoms with Crippen molar-refractivity contribution in [2.45, 2.75) is 30.3 Å². The van der Waals surface area contributed by atoms with E-state index in [1.54, 1.807) is 6.07 Å². The van der Waals surface area contributed by atoms with Gasteiger partial charge in [-0.15, -0.1) is 6.42 Å². The molecule has 3 N–H and O–H groups in total. The first-order valence-electron chi connectivity index (χ1n) is 9.44. The summed E-state index contributed by atoms with van der Waals surface area (Å²) in [4.78, 5) is 16.6. The van der Waals surface area contributed by atoms with Crippen LogP contribution in [0.4, 0.5) is 0 Å². The lowest BCUT2D eigenvalue weighted by Gasteiger charge is -2.32. The van der Waals surface area contributed by atoms with Crippen LogP contribution in [0.15, 0.2) is 41.3 Å². The highest BCUT2D eigenvalue weighted by Crippen LogP contribution is 2.44. The van der Waals surface area contributed by atoms with Crippen molar-refractivity contribution in [3.63, 3.8) is 0 Å². The van der Waals surface area contributed by atoms with E-state index < -0.39 is 33.7 Å². The third kappa shape index (κ3) is 2.96. The summed E-state index contributed by atoms with van der Waals surface area (Å²) in [5, 5.41) is 19.4. The average Bonchev–Trinajstić information content (AvgIpc) is 3.11. The molecule has 3 aromatic rings. The standard InChI is InChI=1S/C23H21NO5S/c1-4-13-5-7-17-19(9-13)24-22-20(17)21(27)16-8-6-15(10-18(16)23(22,2)3)30(28,29)12-14(26)11-25/h1,5-10,14,24-26H,11-12H2,2-3H3. The zero-order valence-electron chi connectivity index (χ0n) is 16.6. The lowest BCUT2D eigenvalue weighted by atomic mass is 9.71. The van der Waals surface area contributed by atoms with Crippen molar-refractivity contribution in [1.82, 2.24) is 4.98 Å². The fourth-order valence-corrected chi connectivity index (χ4v) is 5.47. The summed E-state index contributed by atoms with van der Waals surface area (Å²) < 4.78 is 25.3. The van der Waals surface area contributed by atoms with Gasteiger partial charge >= 0.3 is 0 Å². The van der Waals surface area contributed by atoms with Gasteiger partial charge in [-0.3, -0.25) is 4.79 Å². The number of aliphatic hydroxyl groups excluding tert-OH is 2. The van der Waals surface area contributed by atoms with Crippen LogP contribution in [-0.2, 0) is 15.3 Å². The number of H-pyrrole nitrogens is 1. The van der Waals surface area contributed by atoms with Crippen LogP contribution in [0.3, 0.4) is 0 Å². The SMILES string of the molecule is C#Cc1ccc2c3c([nH]c2c1)C(C)(C)c1cc(S(=O)(=O)CC(O)CO)ccc1C3=O. The first-order chi connectivity index (χ1) is 14.1. The maximum absolute atomic E-state index is 13.3. The maximum atomic E-state index is 13.3. The normalized spacial score (nSPS) is 16.0. The zero-order chi connectivity index (χ0) is 21.8. The van der Waals surface area contributed by atoms with Crippen molar-refractivity contribution in [3.05, 3.63) is 64.3 Å². The van der Waals surface area contributed by atoms with Crippen LogP contribution in [-0.4, -0.2) is 47.9 Å². The van der Waals surface area contributed by atoms with E-state index in [1.165, 1.54) is 18.2 Å². The second-order valence-corrected chi connectivity index (χ2v) is 10.1. The molecule has 1 heterocycles. The Balaban J connectivity index is 1.90. The molecule has 4 rings (SSSR count). The molecule has 154 valence electrons. The molecule has 0 spiro atoms. The molecule has 1 aromatic heterocycles. The van der Waals surface area contributed by atoms with E-state index in [2.05, 4.69) is 10.9 Å². The monoisotopic (exact) mass is 423 g/mol. The number of aliphatic hydroxyl groups is 2. The van der Waals surface area contributed by atoms with Crippen molar-refractivity contribution in [2.75, 3.05) is 12.4 Å². The van der Waals surface area contributed by atoms with Crippen LogP contribution in [0.2, 0.25) is 0 Å². The number of ketones is 1. The Bertz CT molecular complexity index is 1340. The lowest BCUT2D eigenvalue weighted by Crippen LogP contribution is -2.31. The van der Waals surface area contributed by atoms with E-state index in [4.69, 9.17) is 11.5 Å². The van der Waals surface area contributed by atoms with Crippen molar-refractivity contribution in [1.29, 1.82) is 0 Å². The quantitative estimate of drug-likeness (QED) is 0.558. The summed E-state index contributed by atoms with van der Waals surface area (Å²) in [5.41, 5.74) is 3.07. The van der Waals surface area contributed by atoms with Crippen LogP contribution in [0.5, 0.6) is 0 Å². The number of rotatable bonds is 4. The largest absolute Gasteiger partial charge is 0.394 e. The molecule has 30 heavy (non-hydrogen) atoms. The number of fused-ring (bicyclic) bond motifs is 4. The van der Waals surface area contributed by atoms with Crippen LogP contribution >= 0.6 is 0 Å². The first-order valence-corrected chi connectivity index (χ1v) is 11.1. The van der Waals surface area contributed by atoms with Crippen molar-refractivity contribution in [2.24, 2.45) is 0 Å². The van der Waals surface area contributed by atoms with Gasteiger partial charge < -0.3 is 15.2 Å². The first kappa shape index (κ1) is 20.4. The van der Waals surface area contributed by atoms with Crippen molar-refractivity contribution < 1.29 is 23.4 Å². The molecule has 2 aromatic carbocycles. The average molecular weight is 423 g/mol. The van der Waals surface area contributed by atoms with Gasteiger partial charge in [0.2, 0.25) is 0 Å². The van der Waals surface area contributed by atoms with Gasteiger partial charge in [-0.25, -0.2) is 8.42 Å². The van der Waals surface area contributed by atoms with Crippen LogP contribution < -0.4 is 0 Å². The molecule has 1 aliphatic rings. The smallest absolute Gasteiger partial charge is 0.195 e. The predicted molar refractivity (Wildman–Crippen MR) is 113 cm³/mol. The Labute approximate surface area is 174 Å².